The summed E-state index contributed by atoms with van der Waals surface area (Å²) in [4.78, 5) is 13.4. The van der Waals surface area contributed by atoms with Gasteiger partial charge in [0, 0.05) is 18.8 Å². The highest BCUT2D eigenvalue weighted by atomic mass is 16.2. The molecule has 0 aliphatic heterocycles. The van der Waals surface area contributed by atoms with Crippen molar-refractivity contribution in [1.29, 1.82) is 5.26 Å². The first-order chi connectivity index (χ1) is 8.43. The molecule has 18 heavy (non-hydrogen) atoms. The highest BCUT2D eigenvalue weighted by molar-refractivity contribution is 5.81. The van der Waals surface area contributed by atoms with Crippen LogP contribution in [0.2, 0.25) is 0 Å². The number of carbonyl (C=O) groups excluding carboxylic acids is 1. The molecular weight excluding hydrogens is 228 g/mol. The zero-order valence-corrected chi connectivity index (χ0v) is 10.9. The van der Waals surface area contributed by atoms with Gasteiger partial charge in [-0.15, -0.1) is 0 Å². The zero-order chi connectivity index (χ0) is 13.7. The lowest BCUT2D eigenvalue weighted by molar-refractivity contribution is -0.120. The van der Waals surface area contributed by atoms with Gasteiger partial charge in [-0.05, 0) is 32.0 Å². The average Bonchev–Trinajstić information content (AvgIpc) is 2.27. The van der Waals surface area contributed by atoms with E-state index in [1.165, 1.54) is 0 Å². The van der Waals surface area contributed by atoms with Gasteiger partial charge in [0.15, 0.2) is 0 Å². The molecule has 1 rings (SSSR count). The van der Waals surface area contributed by atoms with E-state index >= 15 is 0 Å². The Morgan fingerprint density at radius 2 is 2.22 bits per heavy atom. The summed E-state index contributed by atoms with van der Waals surface area (Å²) in [6.07, 6.45) is 0. The van der Waals surface area contributed by atoms with Gasteiger partial charge in [0.1, 0.15) is 6.07 Å². The minimum atomic E-state index is -0.0459. The van der Waals surface area contributed by atoms with Crippen LogP contribution in [0.5, 0.6) is 0 Å². The minimum Gasteiger partial charge on any atom is -0.398 e. The second-order valence-electron chi connectivity index (χ2n) is 4.46. The number of anilines is 2. The molecule has 0 radical (unpaired) electrons. The number of benzene rings is 1. The van der Waals surface area contributed by atoms with Gasteiger partial charge in [-0.25, -0.2) is 0 Å². The van der Waals surface area contributed by atoms with Crippen molar-refractivity contribution in [3.8, 4) is 6.07 Å². The van der Waals surface area contributed by atoms with E-state index < -0.39 is 0 Å². The number of nitrogens with two attached hydrogens (primary N) is 1. The summed E-state index contributed by atoms with van der Waals surface area (Å²) in [5.41, 5.74) is 7.41. The number of nitriles is 1. The lowest BCUT2D eigenvalue weighted by atomic mass is 10.1. The SMILES string of the molecule is CC(C)NC(=O)CN(C)c1ccc(C#N)c(N)c1. The van der Waals surface area contributed by atoms with Crippen LogP contribution in [0.25, 0.3) is 0 Å². The fraction of sp³-hybridized carbons (Fsp3) is 0.385. The maximum atomic E-state index is 11.6. The molecule has 0 fully saturated rings. The van der Waals surface area contributed by atoms with E-state index in [1.807, 2.05) is 19.9 Å². The topological polar surface area (TPSA) is 82.2 Å². The van der Waals surface area contributed by atoms with Gasteiger partial charge >= 0.3 is 0 Å². The molecule has 0 atom stereocenters. The smallest absolute Gasteiger partial charge is 0.239 e. The summed E-state index contributed by atoms with van der Waals surface area (Å²) in [7, 11) is 1.81. The number of nitrogens with zero attached hydrogens (tertiary/aromatic N) is 2. The molecule has 3 N–H and O–H groups in total. The van der Waals surface area contributed by atoms with E-state index in [-0.39, 0.29) is 18.5 Å². The van der Waals surface area contributed by atoms with Gasteiger partial charge < -0.3 is 16.0 Å². The van der Waals surface area contributed by atoms with Gasteiger partial charge in [0.2, 0.25) is 5.91 Å². The number of rotatable bonds is 4. The van der Waals surface area contributed by atoms with Crippen molar-refractivity contribution in [1.82, 2.24) is 5.32 Å². The Labute approximate surface area is 107 Å². The molecule has 0 aliphatic rings. The summed E-state index contributed by atoms with van der Waals surface area (Å²) < 4.78 is 0. The van der Waals surface area contributed by atoms with Gasteiger partial charge in [0.25, 0.3) is 0 Å². The van der Waals surface area contributed by atoms with Gasteiger partial charge in [0.05, 0.1) is 17.8 Å². The predicted molar refractivity (Wildman–Crippen MR) is 72.1 cm³/mol. The monoisotopic (exact) mass is 246 g/mol. The van der Waals surface area contributed by atoms with Crippen LogP contribution < -0.4 is 16.0 Å². The second kappa shape index (κ2) is 5.92. The summed E-state index contributed by atoms with van der Waals surface area (Å²) in [5, 5.41) is 11.6. The minimum absolute atomic E-state index is 0.0459. The molecule has 5 nitrogen and oxygen atoms in total. The Bertz CT molecular complexity index is 476. The van der Waals surface area contributed by atoms with Gasteiger partial charge in [-0.1, -0.05) is 0 Å². The van der Waals surface area contributed by atoms with E-state index in [4.69, 9.17) is 11.0 Å². The second-order valence-corrected chi connectivity index (χ2v) is 4.46. The lowest BCUT2D eigenvalue weighted by Gasteiger charge is -2.20. The zero-order valence-electron chi connectivity index (χ0n) is 10.9. The Morgan fingerprint density at radius 3 is 2.72 bits per heavy atom. The fourth-order valence-electron chi connectivity index (χ4n) is 1.56. The molecule has 0 unspecified atom stereocenters. The Balaban J connectivity index is 2.73. The molecule has 0 heterocycles. The molecule has 1 aromatic rings. The number of nitrogen functional groups attached to an aromatic ring is 1. The molecular formula is C13H18N4O. The number of nitrogens with one attached hydrogen (secondary N) is 1. The summed E-state index contributed by atoms with van der Waals surface area (Å²) in [5.74, 6) is -0.0459. The van der Waals surface area contributed by atoms with Crippen LogP contribution in [-0.2, 0) is 4.79 Å². The third kappa shape index (κ3) is 3.67. The van der Waals surface area contributed by atoms with Crippen LogP contribution in [-0.4, -0.2) is 25.5 Å². The van der Waals surface area contributed by atoms with Crippen molar-refractivity contribution in [3.63, 3.8) is 0 Å². The normalized spacial score (nSPS) is 9.94. The van der Waals surface area contributed by atoms with Crippen molar-refractivity contribution >= 4 is 17.3 Å². The molecule has 0 aliphatic carbocycles. The first-order valence-electron chi connectivity index (χ1n) is 5.74. The third-order valence-corrected chi connectivity index (χ3v) is 2.43. The van der Waals surface area contributed by atoms with E-state index in [2.05, 4.69) is 5.32 Å². The van der Waals surface area contributed by atoms with Gasteiger partial charge in [-0.3, -0.25) is 4.79 Å². The standard InChI is InChI=1S/C13H18N4O/c1-9(2)16-13(18)8-17(3)11-5-4-10(7-14)12(15)6-11/h4-6,9H,8,15H2,1-3H3,(H,16,18). The molecule has 0 spiro atoms. The van der Waals surface area contributed by atoms with Crippen LogP contribution in [0.1, 0.15) is 19.4 Å². The highest BCUT2D eigenvalue weighted by Gasteiger charge is 2.09. The van der Waals surface area contributed by atoms with E-state index in [9.17, 15) is 4.79 Å². The molecule has 0 saturated heterocycles. The summed E-state index contributed by atoms with van der Waals surface area (Å²) in [6.45, 7) is 4.08. The van der Waals surface area contributed by atoms with Gasteiger partial charge in [-0.2, -0.15) is 5.26 Å². The van der Waals surface area contributed by atoms with Crippen molar-refractivity contribution in [2.24, 2.45) is 0 Å². The Hall–Kier alpha value is -2.22. The number of amides is 1. The van der Waals surface area contributed by atoms with Crippen molar-refractivity contribution in [3.05, 3.63) is 23.8 Å². The number of hydrogen-bond donors (Lipinski definition) is 2. The quantitative estimate of drug-likeness (QED) is 0.779. The van der Waals surface area contributed by atoms with E-state index in [0.717, 1.165) is 5.69 Å². The van der Waals surface area contributed by atoms with Crippen molar-refractivity contribution < 1.29 is 4.79 Å². The first kappa shape index (κ1) is 13.8. The third-order valence-electron chi connectivity index (χ3n) is 2.43. The predicted octanol–water partition coefficient (Wildman–Crippen LogP) is 1.10. The Kier molecular flexibility index (Phi) is 4.55. The molecule has 0 saturated carbocycles. The maximum absolute atomic E-state index is 11.6. The molecule has 0 bridgehead atoms. The molecule has 96 valence electrons. The van der Waals surface area contributed by atoms with Crippen molar-refractivity contribution in [2.45, 2.75) is 19.9 Å². The molecule has 1 aromatic carbocycles. The van der Waals surface area contributed by atoms with E-state index in [0.29, 0.717) is 11.3 Å². The summed E-state index contributed by atoms with van der Waals surface area (Å²) in [6, 6.07) is 7.25. The number of hydrogen-bond acceptors (Lipinski definition) is 4. The Morgan fingerprint density at radius 1 is 1.56 bits per heavy atom. The van der Waals surface area contributed by atoms with Crippen LogP contribution in [0.4, 0.5) is 11.4 Å². The molecule has 5 heteroatoms. The largest absolute Gasteiger partial charge is 0.398 e. The fourth-order valence-corrected chi connectivity index (χ4v) is 1.56. The van der Waals surface area contributed by atoms with Crippen LogP contribution in [0.3, 0.4) is 0 Å². The highest BCUT2D eigenvalue weighted by Crippen LogP contribution is 2.19. The maximum Gasteiger partial charge on any atom is 0.239 e. The van der Waals surface area contributed by atoms with Crippen LogP contribution in [0.15, 0.2) is 18.2 Å². The summed E-state index contributed by atoms with van der Waals surface area (Å²) >= 11 is 0. The number of carbonyl (C=O) groups is 1. The van der Waals surface area contributed by atoms with Crippen LogP contribution in [0, 0.1) is 11.3 Å². The lowest BCUT2D eigenvalue weighted by Crippen LogP contribution is -2.38. The molecule has 1 amide bonds. The molecule has 0 aromatic heterocycles. The average molecular weight is 246 g/mol. The first-order valence-corrected chi connectivity index (χ1v) is 5.74. The number of likely N-dealkylation sites (N-methyl/N-ethyl adjacent to an activating group) is 1. The van der Waals surface area contributed by atoms with Crippen molar-refractivity contribution in [2.75, 3.05) is 24.2 Å². The van der Waals surface area contributed by atoms with E-state index in [1.54, 1.807) is 30.1 Å². The van der Waals surface area contributed by atoms with Crippen LogP contribution >= 0.6 is 0 Å².